The van der Waals surface area contributed by atoms with Gasteiger partial charge in [-0.15, -0.1) is 11.3 Å². The molecule has 0 saturated heterocycles. The fourth-order valence-electron chi connectivity index (χ4n) is 2.42. The van der Waals surface area contributed by atoms with E-state index in [1.165, 1.54) is 0 Å². The first-order valence-corrected chi connectivity index (χ1v) is 7.46. The van der Waals surface area contributed by atoms with Crippen molar-refractivity contribution in [1.29, 1.82) is 0 Å². The number of aliphatic carboxylic acids is 1. The van der Waals surface area contributed by atoms with Crippen molar-refractivity contribution < 1.29 is 9.90 Å². The second-order valence-corrected chi connectivity index (χ2v) is 5.92. The maximum Gasteiger partial charge on any atom is 0.326 e. The van der Waals surface area contributed by atoms with E-state index in [0.717, 1.165) is 16.2 Å². The fraction of sp³-hybridized carbons (Fsp3) is 0.200. The third kappa shape index (κ3) is 2.38. The normalized spacial score (nSPS) is 12.6. The lowest BCUT2D eigenvalue weighted by atomic mass is 10.2. The summed E-state index contributed by atoms with van der Waals surface area (Å²) >= 11 is 1.63. The lowest BCUT2D eigenvalue weighted by molar-refractivity contribution is -0.140. The molecule has 0 fully saturated rings. The second-order valence-electron chi connectivity index (χ2n) is 4.88. The number of carboxylic acid groups (broad SMARTS) is 1. The lowest BCUT2D eigenvalue weighted by Crippen LogP contribution is -2.18. The van der Waals surface area contributed by atoms with Crippen molar-refractivity contribution >= 4 is 34.0 Å². The van der Waals surface area contributed by atoms with Crippen molar-refractivity contribution in [3.8, 4) is 0 Å². The van der Waals surface area contributed by atoms with Crippen LogP contribution in [0.2, 0.25) is 0 Å². The van der Waals surface area contributed by atoms with Crippen molar-refractivity contribution in [1.82, 2.24) is 9.55 Å². The minimum absolute atomic E-state index is 0.566. The molecule has 1 aromatic carbocycles. The van der Waals surface area contributed by atoms with E-state index in [1.807, 2.05) is 29.6 Å². The van der Waals surface area contributed by atoms with Gasteiger partial charge in [-0.1, -0.05) is 12.1 Å². The van der Waals surface area contributed by atoms with Crippen LogP contribution in [-0.2, 0) is 11.2 Å². The number of rotatable bonds is 4. The van der Waals surface area contributed by atoms with Crippen LogP contribution in [0, 0.1) is 0 Å². The summed E-state index contributed by atoms with van der Waals surface area (Å²) in [7, 11) is 0. The summed E-state index contributed by atoms with van der Waals surface area (Å²) in [5.41, 5.74) is 7.96. The minimum atomic E-state index is -0.885. The fourth-order valence-corrected chi connectivity index (χ4v) is 3.12. The number of hydrogen-bond acceptors (Lipinski definition) is 4. The van der Waals surface area contributed by atoms with E-state index in [0.29, 0.717) is 17.6 Å². The number of imidazole rings is 1. The van der Waals surface area contributed by atoms with Crippen molar-refractivity contribution in [2.75, 3.05) is 5.73 Å². The number of nitrogen functional groups attached to an aromatic ring is 1. The number of para-hydroxylation sites is 1. The van der Waals surface area contributed by atoms with Crippen LogP contribution >= 0.6 is 11.3 Å². The average Bonchev–Trinajstić information content (AvgIpc) is 3.06. The van der Waals surface area contributed by atoms with Gasteiger partial charge in [0.15, 0.2) is 0 Å². The van der Waals surface area contributed by atoms with E-state index in [-0.39, 0.29) is 0 Å². The van der Waals surface area contributed by atoms with E-state index in [1.54, 1.807) is 28.9 Å². The molecule has 0 aliphatic rings. The highest BCUT2D eigenvalue weighted by Crippen LogP contribution is 2.27. The van der Waals surface area contributed by atoms with Gasteiger partial charge in [0.2, 0.25) is 0 Å². The van der Waals surface area contributed by atoms with E-state index in [9.17, 15) is 9.90 Å². The maximum atomic E-state index is 11.4. The zero-order valence-corrected chi connectivity index (χ0v) is 12.3. The lowest BCUT2D eigenvalue weighted by Gasteiger charge is -2.13. The van der Waals surface area contributed by atoms with Gasteiger partial charge in [0, 0.05) is 11.3 Å². The number of thiophene rings is 1. The number of anilines is 1. The van der Waals surface area contributed by atoms with E-state index in [2.05, 4.69) is 4.98 Å². The monoisotopic (exact) mass is 301 g/mol. The molecule has 3 rings (SSSR count). The Morgan fingerprint density at radius 1 is 1.43 bits per heavy atom. The van der Waals surface area contributed by atoms with Crippen LogP contribution in [0.4, 0.5) is 5.69 Å². The summed E-state index contributed by atoms with van der Waals surface area (Å²) in [4.78, 5) is 17.1. The smallest absolute Gasteiger partial charge is 0.326 e. The summed E-state index contributed by atoms with van der Waals surface area (Å²) in [5.74, 6) is -0.163. The van der Waals surface area contributed by atoms with Crippen molar-refractivity contribution in [3.63, 3.8) is 0 Å². The average molecular weight is 301 g/mol. The molecular weight excluding hydrogens is 286 g/mol. The maximum absolute atomic E-state index is 11.4. The Balaban J connectivity index is 2.19. The van der Waals surface area contributed by atoms with Crippen LogP contribution in [-0.4, -0.2) is 20.6 Å². The molecule has 0 bridgehead atoms. The van der Waals surface area contributed by atoms with Crippen LogP contribution in [0.15, 0.2) is 35.7 Å². The second kappa shape index (κ2) is 5.21. The van der Waals surface area contributed by atoms with Gasteiger partial charge in [-0.3, -0.25) is 0 Å². The summed E-state index contributed by atoms with van der Waals surface area (Å²) in [5, 5.41) is 11.4. The van der Waals surface area contributed by atoms with Gasteiger partial charge in [0.1, 0.15) is 17.4 Å². The van der Waals surface area contributed by atoms with Gasteiger partial charge >= 0.3 is 5.97 Å². The Labute approximate surface area is 125 Å². The molecule has 0 aliphatic heterocycles. The third-order valence-corrected chi connectivity index (χ3v) is 4.36. The van der Waals surface area contributed by atoms with E-state index < -0.39 is 12.0 Å². The molecule has 1 unspecified atom stereocenters. The minimum Gasteiger partial charge on any atom is -0.480 e. The number of hydrogen-bond donors (Lipinski definition) is 2. The molecular formula is C15H15N3O2S. The number of aromatic nitrogens is 2. The molecule has 0 radical (unpaired) electrons. The standard InChI is InChI=1S/C15H15N3O2S/c1-9(15(19)20)18-12-6-2-5-11(16)14(12)17-13(18)8-10-4-3-7-21-10/h2-7,9H,8,16H2,1H3,(H,19,20). The molecule has 108 valence electrons. The molecule has 6 heteroatoms. The molecule has 21 heavy (non-hydrogen) atoms. The highest BCUT2D eigenvalue weighted by Gasteiger charge is 2.21. The SMILES string of the molecule is CC(C(=O)O)n1c(Cc2cccs2)nc2c(N)cccc21. The van der Waals surface area contributed by atoms with Gasteiger partial charge in [-0.05, 0) is 30.5 Å². The summed E-state index contributed by atoms with van der Waals surface area (Å²) in [6.45, 7) is 1.66. The number of benzene rings is 1. The quantitative estimate of drug-likeness (QED) is 0.726. The number of nitrogens with zero attached hydrogens (tertiary/aromatic N) is 2. The van der Waals surface area contributed by atoms with Crippen LogP contribution in [0.3, 0.4) is 0 Å². The first kappa shape index (κ1) is 13.6. The number of nitrogens with two attached hydrogens (primary N) is 1. The first-order valence-electron chi connectivity index (χ1n) is 6.58. The van der Waals surface area contributed by atoms with Crippen LogP contribution in [0.25, 0.3) is 11.0 Å². The molecule has 3 N–H and O–H groups in total. The highest BCUT2D eigenvalue weighted by atomic mass is 32.1. The van der Waals surface area contributed by atoms with E-state index in [4.69, 9.17) is 5.73 Å². The number of carbonyl (C=O) groups is 1. The Morgan fingerprint density at radius 3 is 2.90 bits per heavy atom. The Hall–Kier alpha value is -2.34. The summed E-state index contributed by atoms with van der Waals surface area (Å²) in [6, 6.07) is 8.76. The van der Waals surface area contributed by atoms with Gasteiger partial charge in [-0.2, -0.15) is 0 Å². The molecule has 5 nitrogen and oxygen atoms in total. The Morgan fingerprint density at radius 2 is 2.24 bits per heavy atom. The highest BCUT2D eigenvalue weighted by molar-refractivity contribution is 7.09. The van der Waals surface area contributed by atoms with Crippen molar-refractivity contribution in [2.24, 2.45) is 0 Å². The Bertz CT molecular complexity index is 793. The topological polar surface area (TPSA) is 81.1 Å². The van der Waals surface area contributed by atoms with Gasteiger partial charge < -0.3 is 15.4 Å². The van der Waals surface area contributed by atoms with E-state index >= 15 is 0 Å². The molecule has 0 saturated carbocycles. The predicted molar refractivity (Wildman–Crippen MR) is 83.6 cm³/mol. The molecule has 0 aliphatic carbocycles. The zero-order chi connectivity index (χ0) is 15.0. The summed E-state index contributed by atoms with van der Waals surface area (Å²) < 4.78 is 1.76. The molecule has 2 aromatic heterocycles. The molecule has 0 amide bonds. The van der Waals surface area contributed by atoms with Crippen LogP contribution < -0.4 is 5.73 Å². The van der Waals surface area contributed by atoms with Crippen molar-refractivity contribution in [2.45, 2.75) is 19.4 Å². The van der Waals surface area contributed by atoms with Gasteiger partial charge in [-0.25, -0.2) is 9.78 Å². The number of fused-ring (bicyclic) bond motifs is 1. The van der Waals surface area contributed by atoms with Crippen LogP contribution in [0.1, 0.15) is 23.7 Å². The first-order chi connectivity index (χ1) is 10.1. The van der Waals surface area contributed by atoms with Gasteiger partial charge in [0.05, 0.1) is 11.2 Å². The zero-order valence-electron chi connectivity index (χ0n) is 11.5. The molecule has 3 aromatic rings. The largest absolute Gasteiger partial charge is 0.480 e. The molecule has 0 spiro atoms. The summed E-state index contributed by atoms with van der Waals surface area (Å²) in [6.07, 6.45) is 0.601. The third-order valence-electron chi connectivity index (χ3n) is 3.48. The van der Waals surface area contributed by atoms with Crippen molar-refractivity contribution in [3.05, 3.63) is 46.4 Å². The van der Waals surface area contributed by atoms with Crippen LogP contribution in [0.5, 0.6) is 0 Å². The Kier molecular flexibility index (Phi) is 3.39. The predicted octanol–water partition coefficient (Wildman–Crippen LogP) is 2.92. The van der Waals surface area contributed by atoms with Gasteiger partial charge in [0.25, 0.3) is 0 Å². The molecule has 1 atom stereocenters. The number of carboxylic acids is 1. The molecule has 2 heterocycles.